The average Bonchev–Trinajstić information content (AvgIpc) is 2.95. The molecule has 0 unspecified atom stereocenters. The minimum Gasteiger partial charge on any atom is -0.378 e. The van der Waals surface area contributed by atoms with Gasteiger partial charge in [0, 0.05) is 68.3 Å². The fraction of sp³-hybridized carbons (Fsp3) is 0.393. The van der Waals surface area contributed by atoms with Gasteiger partial charge >= 0.3 is 6.03 Å². The Morgan fingerprint density at radius 3 is 2.12 bits per heavy atom. The normalized spacial score (nSPS) is 17.0. The summed E-state index contributed by atoms with van der Waals surface area (Å²) in [4.78, 5) is 26.8. The zero-order valence-corrected chi connectivity index (χ0v) is 23.7. The van der Waals surface area contributed by atoms with E-state index in [2.05, 4.69) is 27.4 Å². The van der Waals surface area contributed by atoms with E-state index < -0.39 is 10.0 Å². The second kappa shape index (κ2) is 12.3. The number of carbonyl (C=O) groups is 1. The fourth-order valence-electron chi connectivity index (χ4n) is 4.86. The summed E-state index contributed by atoms with van der Waals surface area (Å²) in [5, 5.41) is 5.67. The number of hydrogen-bond acceptors (Lipinski definition) is 8. The van der Waals surface area contributed by atoms with E-state index in [4.69, 9.17) is 14.7 Å². The van der Waals surface area contributed by atoms with E-state index in [1.165, 1.54) is 10.6 Å². The fourth-order valence-corrected chi connectivity index (χ4v) is 5.69. The quantitative estimate of drug-likeness (QED) is 0.449. The molecule has 2 aromatic carbocycles. The van der Waals surface area contributed by atoms with E-state index in [0.29, 0.717) is 63.1 Å². The summed E-state index contributed by atoms with van der Waals surface area (Å²) in [6.07, 6.45) is 1.26. The molecule has 2 aliphatic rings. The summed E-state index contributed by atoms with van der Waals surface area (Å²) in [7, 11) is -3.19. The molecule has 40 heavy (non-hydrogen) atoms. The van der Waals surface area contributed by atoms with E-state index in [-0.39, 0.29) is 6.03 Å². The van der Waals surface area contributed by atoms with Gasteiger partial charge in [0.25, 0.3) is 0 Å². The van der Waals surface area contributed by atoms with Crippen LogP contribution in [0.25, 0.3) is 11.4 Å². The Morgan fingerprint density at radius 2 is 1.50 bits per heavy atom. The minimum absolute atomic E-state index is 0.321. The standard InChI is InChI=1S/C28H35N7O4S/c1-21-25(20-33-12-14-35(15-13-33)40(2,37)38)31-26(32-27(21)34-16-18-39-19-17-34)22-8-10-24(11-9-22)30-28(36)29-23-6-4-3-5-7-23/h3-11H,12-20H2,1-2H3,(H2,29,30,36). The highest BCUT2D eigenvalue weighted by molar-refractivity contribution is 7.88. The molecule has 0 bridgehead atoms. The van der Waals surface area contributed by atoms with Crippen LogP contribution >= 0.6 is 0 Å². The van der Waals surface area contributed by atoms with Crippen LogP contribution in [0.4, 0.5) is 22.0 Å². The van der Waals surface area contributed by atoms with Gasteiger partial charge in [-0.1, -0.05) is 18.2 Å². The number of nitrogens with zero attached hydrogens (tertiary/aromatic N) is 5. The first-order chi connectivity index (χ1) is 19.3. The van der Waals surface area contributed by atoms with Gasteiger partial charge in [0.15, 0.2) is 5.82 Å². The molecule has 0 radical (unpaired) electrons. The maximum atomic E-state index is 12.4. The van der Waals surface area contributed by atoms with Crippen LogP contribution in [0.1, 0.15) is 11.3 Å². The first-order valence-electron chi connectivity index (χ1n) is 13.4. The third kappa shape index (κ3) is 6.94. The first-order valence-corrected chi connectivity index (χ1v) is 15.2. The molecule has 3 heterocycles. The Bertz CT molecular complexity index is 1420. The maximum absolute atomic E-state index is 12.4. The zero-order valence-electron chi connectivity index (χ0n) is 22.8. The molecule has 0 spiro atoms. The zero-order chi connectivity index (χ0) is 28.1. The van der Waals surface area contributed by atoms with Crippen LogP contribution in [0.2, 0.25) is 0 Å². The lowest BCUT2D eigenvalue weighted by Gasteiger charge is -2.34. The third-order valence-corrected chi connectivity index (χ3v) is 8.44. The molecule has 12 heteroatoms. The maximum Gasteiger partial charge on any atom is 0.323 e. The average molecular weight is 566 g/mol. The monoisotopic (exact) mass is 565 g/mol. The Hall–Kier alpha value is -3.58. The molecule has 2 aliphatic heterocycles. The lowest BCUT2D eigenvalue weighted by atomic mass is 10.1. The second-order valence-corrected chi connectivity index (χ2v) is 12.0. The van der Waals surface area contributed by atoms with Crippen molar-refractivity contribution in [3.63, 3.8) is 0 Å². The number of aromatic nitrogens is 2. The molecule has 2 fully saturated rings. The van der Waals surface area contributed by atoms with E-state index in [9.17, 15) is 13.2 Å². The predicted molar refractivity (Wildman–Crippen MR) is 156 cm³/mol. The Morgan fingerprint density at radius 1 is 0.875 bits per heavy atom. The van der Waals surface area contributed by atoms with Gasteiger partial charge in [0.2, 0.25) is 10.0 Å². The number of nitrogens with one attached hydrogen (secondary N) is 2. The van der Waals surface area contributed by atoms with Crippen LogP contribution in [0.5, 0.6) is 0 Å². The highest BCUT2D eigenvalue weighted by Gasteiger charge is 2.26. The van der Waals surface area contributed by atoms with E-state index >= 15 is 0 Å². The first kappa shape index (κ1) is 28.0. The summed E-state index contributed by atoms with van der Waals surface area (Å²) < 4.78 is 31.0. The number of para-hydroxylation sites is 1. The van der Waals surface area contributed by atoms with E-state index in [0.717, 1.165) is 35.7 Å². The number of anilines is 3. The summed E-state index contributed by atoms with van der Waals surface area (Å²) in [6.45, 7) is 7.68. The van der Waals surface area contributed by atoms with Crippen LogP contribution in [0.15, 0.2) is 54.6 Å². The van der Waals surface area contributed by atoms with Crippen LogP contribution in [0, 0.1) is 6.92 Å². The highest BCUT2D eigenvalue weighted by Crippen LogP contribution is 2.27. The number of piperazine rings is 1. The second-order valence-electron chi connectivity index (χ2n) is 10.0. The van der Waals surface area contributed by atoms with Crippen molar-refractivity contribution < 1.29 is 17.9 Å². The van der Waals surface area contributed by atoms with E-state index in [1.54, 1.807) is 0 Å². The van der Waals surface area contributed by atoms with Crippen LogP contribution < -0.4 is 15.5 Å². The van der Waals surface area contributed by atoms with Gasteiger partial charge in [-0.2, -0.15) is 4.31 Å². The molecule has 11 nitrogen and oxygen atoms in total. The molecule has 2 amide bonds. The van der Waals surface area contributed by atoms with Crippen molar-refractivity contribution in [3.8, 4) is 11.4 Å². The smallest absolute Gasteiger partial charge is 0.323 e. The number of carbonyl (C=O) groups excluding carboxylic acids is 1. The molecular weight excluding hydrogens is 530 g/mol. The van der Waals surface area contributed by atoms with Gasteiger partial charge in [-0.25, -0.2) is 23.2 Å². The van der Waals surface area contributed by atoms with Gasteiger partial charge in [0.1, 0.15) is 5.82 Å². The summed E-state index contributed by atoms with van der Waals surface area (Å²) in [5.41, 5.74) is 4.15. The Labute approximate surface area is 235 Å². The van der Waals surface area contributed by atoms with Gasteiger partial charge in [-0.3, -0.25) is 4.90 Å². The number of amides is 2. The largest absolute Gasteiger partial charge is 0.378 e. The molecule has 0 atom stereocenters. The number of morpholine rings is 1. The molecule has 2 N–H and O–H groups in total. The highest BCUT2D eigenvalue weighted by atomic mass is 32.2. The summed E-state index contributed by atoms with van der Waals surface area (Å²) in [6, 6.07) is 16.4. The predicted octanol–water partition coefficient (Wildman–Crippen LogP) is 3.01. The number of ether oxygens (including phenoxy) is 1. The lowest BCUT2D eigenvalue weighted by Crippen LogP contribution is -2.48. The molecule has 3 aromatic rings. The van der Waals surface area contributed by atoms with Crippen molar-refractivity contribution in [3.05, 3.63) is 65.9 Å². The number of hydrogen-bond donors (Lipinski definition) is 2. The number of rotatable bonds is 7. The van der Waals surface area contributed by atoms with Crippen LogP contribution in [-0.2, 0) is 21.3 Å². The van der Waals surface area contributed by atoms with Crippen LogP contribution in [0.3, 0.4) is 0 Å². The topological polar surface area (TPSA) is 120 Å². The van der Waals surface area contributed by atoms with Crippen molar-refractivity contribution >= 4 is 33.2 Å². The summed E-state index contributed by atoms with van der Waals surface area (Å²) in [5.74, 6) is 1.50. The van der Waals surface area contributed by atoms with E-state index in [1.807, 2.05) is 54.6 Å². The number of sulfonamides is 1. The molecule has 2 saturated heterocycles. The molecule has 5 rings (SSSR count). The van der Waals surface area contributed by atoms with Crippen molar-refractivity contribution in [2.75, 3.05) is 74.3 Å². The lowest BCUT2D eigenvalue weighted by molar-refractivity contribution is 0.122. The molecule has 0 aliphatic carbocycles. The van der Waals surface area contributed by atoms with Crippen molar-refractivity contribution in [1.29, 1.82) is 0 Å². The Kier molecular flexibility index (Phi) is 8.60. The van der Waals surface area contributed by atoms with Crippen molar-refractivity contribution in [2.45, 2.75) is 13.5 Å². The van der Waals surface area contributed by atoms with Gasteiger partial charge in [-0.05, 0) is 43.3 Å². The number of benzene rings is 2. The third-order valence-electron chi connectivity index (χ3n) is 7.14. The number of urea groups is 1. The molecule has 212 valence electrons. The van der Waals surface area contributed by atoms with Crippen molar-refractivity contribution in [1.82, 2.24) is 19.2 Å². The SMILES string of the molecule is Cc1c(CN2CCN(S(C)(=O)=O)CC2)nc(-c2ccc(NC(=O)Nc3ccccc3)cc2)nc1N1CCOCC1. The van der Waals surface area contributed by atoms with Gasteiger partial charge < -0.3 is 20.3 Å². The molecular formula is C28H35N7O4S. The van der Waals surface area contributed by atoms with Gasteiger partial charge in [0.05, 0.1) is 25.2 Å². The van der Waals surface area contributed by atoms with Crippen molar-refractivity contribution in [2.24, 2.45) is 0 Å². The molecule has 0 saturated carbocycles. The van der Waals surface area contributed by atoms with Gasteiger partial charge in [-0.15, -0.1) is 0 Å². The molecule has 1 aromatic heterocycles. The minimum atomic E-state index is -3.19. The summed E-state index contributed by atoms with van der Waals surface area (Å²) >= 11 is 0. The van der Waals surface area contributed by atoms with Crippen LogP contribution in [-0.4, -0.2) is 92.4 Å². The Balaban J connectivity index is 1.35.